The lowest BCUT2D eigenvalue weighted by atomic mass is 9.86. The number of sulfone groups is 1. The Morgan fingerprint density at radius 2 is 1.63 bits per heavy atom. The highest BCUT2D eigenvalue weighted by Gasteiger charge is 2.33. The summed E-state index contributed by atoms with van der Waals surface area (Å²) >= 11 is 0. The Labute approximate surface area is 237 Å². The number of ether oxygens (including phenoxy) is 1. The van der Waals surface area contributed by atoms with Gasteiger partial charge >= 0.3 is 12.3 Å². The number of alkyl halides is 3. The highest BCUT2D eigenvalue weighted by molar-refractivity contribution is 7.91. The van der Waals surface area contributed by atoms with Gasteiger partial charge in [0.25, 0.3) is 5.91 Å². The van der Waals surface area contributed by atoms with Gasteiger partial charge in [-0.1, -0.05) is 31.0 Å². The van der Waals surface area contributed by atoms with Crippen LogP contribution in [-0.4, -0.2) is 50.3 Å². The SMILES string of the molecule is CC(C)(C)OC(=O)Nc1ccc(C(F)(F)F)cc1C(=O)NCC(=O)N[C@H]1CCCC[C@H]1CS(=O)(=O)c1ccccc1. The van der Waals surface area contributed by atoms with Gasteiger partial charge in [-0.15, -0.1) is 0 Å². The van der Waals surface area contributed by atoms with Gasteiger partial charge in [0.2, 0.25) is 5.91 Å². The fraction of sp³-hybridized carbons (Fsp3) is 0.464. The topological polar surface area (TPSA) is 131 Å². The van der Waals surface area contributed by atoms with Crippen molar-refractivity contribution in [2.24, 2.45) is 5.92 Å². The maximum absolute atomic E-state index is 13.3. The molecule has 0 radical (unpaired) electrons. The Bertz CT molecular complexity index is 1360. The van der Waals surface area contributed by atoms with E-state index in [2.05, 4.69) is 16.0 Å². The van der Waals surface area contributed by atoms with E-state index in [1.807, 2.05) is 0 Å². The fourth-order valence-electron chi connectivity index (χ4n) is 4.55. The maximum Gasteiger partial charge on any atom is 0.416 e. The molecule has 9 nitrogen and oxygen atoms in total. The minimum Gasteiger partial charge on any atom is -0.444 e. The molecule has 1 fully saturated rings. The van der Waals surface area contributed by atoms with E-state index in [9.17, 15) is 36.0 Å². The Hall–Kier alpha value is -3.61. The summed E-state index contributed by atoms with van der Waals surface area (Å²) in [5.41, 5.74) is -2.76. The maximum atomic E-state index is 13.3. The number of anilines is 1. The van der Waals surface area contributed by atoms with Crippen LogP contribution >= 0.6 is 0 Å². The van der Waals surface area contributed by atoms with Crippen molar-refractivity contribution in [3.63, 3.8) is 0 Å². The smallest absolute Gasteiger partial charge is 0.416 e. The van der Waals surface area contributed by atoms with Crippen molar-refractivity contribution in [3.05, 3.63) is 59.7 Å². The second-order valence-corrected chi connectivity index (χ2v) is 12.9. The Kier molecular flexibility index (Phi) is 10.1. The summed E-state index contributed by atoms with van der Waals surface area (Å²) in [6.07, 6.45) is -3.01. The summed E-state index contributed by atoms with van der Waals surface area (Å²) in [6, 6.07) is 9.78. The Morgan fingerprint density at radius 3 is 2.27 bits per heavy atom. The van der Waals surface area contributed by atoms with Crippen LogP contribution in [0.5, 0.6) is 0 Å². The van der Waals surface area contributed by atoms with Gasteiger partial charge in [-0.05, 0) is 69.9 Å². The van der Waals surface area contributed by atoms with Crippen LogP contribution in [0.4, 0.5) is 23.7 Å². The normalized spacial score (nSPS) is 17.8. The monoisotopic (exact) mass is 597 g/mol. The minimum atomic E-state index is -4.76. The number of benzene rings is 2. The Balaban J connectivity index is 1.68. The summed E-state index contributed by atoms with van der Waals surface area (Å²) in [7, 11) is -3.59. The van der Waals surface area contributed by atoms with Gasteiger partial charge in [-0.3, -0.25) is 14.9 Å². The van der Waals surface area contributed by atoms with Gasteiger partial charge < -0.3 is 15.4 Å². The van der Waals surface area contributed by atoms with Gasteiger partial charge in [0.05, 0.1) is 34.0 Å². The van der Waals surface area contributed by atoms with E-state index in [0.29, 0.717) is 25.0 Å². The van der Waals surface area contributed by atoms with Crippen molar-refractivity contribution in [2.75, 3.05) is 17.6 Å². The summed E-state index contributed by atoms with van der Waals surface area (Å²) in [5.74, 6) is -2.15. The quantitative estimate of drug-likeness (QED) is 0.396. The lowest BCUT2D eigenvalue weighted by Crippen LogP contribution is -2.47. The van der Waals surface area contributed by atoms with Crippen LogP contribution in [0, 0.1) is 5.92 Å². The van der Waals surface area contributed by atoms with E-state index in [1.165, 1.54) is 12.1 Å². The highest BCUT2D eigenvalue weighted by atomic mass is 32.2. The molecule has 3 rings (SSSR count). The number of hydrogen-bond acceptors (Lipinski definition) is 6. The molecule has 0 bridgehead atoms. The molecule has 1 aliphatic rings. The number of amides is 3. The Morgan fingerprint density at radius 1 is 0.976 bits per heavy atom. The predicted octanol–water partition coefficient (Wildman–Crippen LogP) is 4.93. The zero-order valence-electron chi connectivity index (χ0n) is 23.0. The number of rotatable bonds is 8. The first kappa shape index (κ1) is 31.9. The van der Waals surface area contributed by atoms with Gasteiger partial charge in [-0.25, -0.2) is 13.2 Å². The molecule has 2 atom stereocenters. The van der Waals surface area contributed by atoms with E-state index in [0.717, 1.165) is 18.9 Å². The lowest BCUT2D eigenvalue weighted by molar-refractivity contribution is -0.137. The van der Waals surface area contributed by atoms with Crippen LogP contribution in [-0.2, 0) is 25.5 Å². The standard InChI is InChI=1S/C28H34F3N3O6S/c1-27(2,3)40-26(37)34-23-14-13-19(28(29,30)31)15-21(23)25(36)32-16-24(35)33-22-12-8-7-9-18(22)17-41(38,39)20-10-5-4-6-11-20/h4-6,10-11,13-15,18,22H,7-9,12,16-17H2,1-3H3,(H,32,36)(H,33,35)(H,34,37)/t18-,22-/m0/s1. The molecule has 224 valence electrons. The molecule has 3 amide bonds. The van der Waals surface area contributed by atoms with E-state index in [4.69, 9.17) is 4.74 Å². The largest absolute Gasteiger partial charge is 0.444 e. The molecule has 0 heterocycles. The first-order valence-corrected chi connectivity index (χ1v) is 14.8. The zero-order valence-corrected chi connectivity index (χ0v) is 23.8. The van der Waals surface area contributed by atoms with Gasteiger partial charge in [0, 0.05) is 6.04 Å². The van der Waals surface area contributed by atoms with Gasteiger partial charge in [-0.2, -0.15) is 13.2 Å². The first-order chi connectivity index (χ1) is 19.0. The number of carbonyl (C=O) groups is 3. The molecule has 1 saturated carbocycles. The van der Waals surface area contributed by atoms with Crippen molar-refractivity contribution in [2.45, 2.75) is 69.2 Å². The molecule has 0 saturated heterocycles. The van der Waals surface area contributed by atoms with Crippen molar-refractivity contribution in [1.82, 2.24) is 10.6 Å². The van der Waals surface area contributed by atoms with Crippen LogP contribution in [0.25, 0.3) is 0 Å². The summed E-state index contributed by atoms with van der Waals surface area (Å²) < 4.78 is 70.9. The second-order valence-electron chi connectivity index (χ2n) is 10.9. The molecule has 2 aromatic carbocycles. The molecule has 2 aromatic rings. The average molecular weight is 598 g/mol. The van der Waals surface area contributed by atoms with E-state index in [1.54, 1.807) is 39.0 Å². The highest BCUT2D eigenvalue weighted by Crippen LogP contribution is 2.32. The van der Waals surface area contributed by atoms with E-state index < -0.39 is 63.2 Å². The molecule has 0 aliphatic heterocycles. The summed E-state index contributed by atoms with van der Waals surface area (Å²) in [6.45, 7) is 4.22. The number of hydrogen-bond donors (Lipinski definition) is 3. The lowest BCUT2D eigenvalue weighted by Gasteiger charge is -2.32. The molecular formula is C28H34F3N3O6S. The molecule has 0 spiro atoms. The van der Waals surface area contributed by atoms with Crippen LogP contribution in [0.3, 0.4) is 0 Å². The zero-order chi connectivity index (χ0) is 30.4. The van der Waals surface area contributed by atoms with Crippen LogP contribution < -0.4 is 16.0 Å². The van der Waals surface area contributed by atoms with Gasteiger partial charge in [0.1, 0.15) is 5.60 Å². The fourth-order valence-corrected chi connectivity index (χ4v) is 6.27. The first-order valence-electron chi connectivity index (χ1n) is 13.1. The molecule has 1 aliphatic carbocycles. The van der Waals surface area contributed by atoms with E-state index >= 15 is 0 Å². The van der Waals surface area contributed by atoms with Crippen molar-refractivity contribution in [1.29, 1.82) is 0 Å². The van der Waals surface area contributed by atoms with Gasteiger partial charge in [0.15, 0.2) is 9.84 Å². The van der Waals surface area contributed by atoms with Crippen molar-refractivity contribution >= 4 is 33.4 Å². The van der Waals surface area contributed by atoms with Crippen LogP contribution in [0.15, 0.2) is 53.4 Å². The average Bonchev–Trinajstić information content (AvgIpc) is 2.87. The molecule has 0 unspecified atom stereocenters. The van der Waals surface area contributed by atoms with Crippen LogP contribution in [0.2, 0.25) is 0 Å². The molecule has 13 heteroatoms. The van der Waals surface area contributed by atoms with Crippen molar-refractivity contribution < 1.29 is 40.7 Å². The summed E-state index contributed by atoms with van der Waals surface area (Å²) in [4.78, 5) is 38.0. The minimum absolute atomic E-state index is 0.155. The molecule has 41 heavy (non-hydrogen) atoms. The second kappa shape index (κ2) is 12.9. The predicted molar refractivity (Wildman–Crippen MR) is 146 cm³/mol. The number of halogens is 3. The molecular weight excluding hydrogens is 563 g/mol. The summed E-state index contributed by atoms with van der Waals surface area (Å²) in [5, 5.41) is 7.33. The third-order valence-corrected chi connectivity index (χ3v) is 8.29. The van der Waals surface area contributed by atoms with Crippen LogP contribution in [0.1, 0.15) is 62.4 Å². The third-order valence-electron chi connectivity index (χ3n) is 6.43. The molecule has 0 aromatic heterocycles. The van der Waals surface area contributed by atoms with E-state index in [-0.39, 0.29) is 22.3 Å². The van der Waals surface area contributed by atoms with Crippen molar-refractivity contribution in [3.8, 4) is 0 Å². The third kappa shape index (κ3) is 9.48. The molecule has 3 N–H and O–H groups in total. The number of nitrogens with one attached hydrogen (secondary N) is 3. The number of carbonyl (C=O) groups excluding carboxylic acids is 3.